The van der Waals surface area contributed by atoms with E-state index < -0.39 is 0 Å². The van der Waals surface area contributed by atoms with Crippen LogP contribution in [0.1, 0.15) is 17.3 Å². The molecule has 0 aromatic carbocycles. The Hall–Kier alpha value is -1.76. The molecule has 7 nitrogen and oxygen atoms in total. The number of nitrogens with zero attached hydrogens (tertiary/aromatic N) is 6. The Morgan fingerprint density at radius 1 is 1.31 bits per heavy atom. The van der Waals surface area contributed by atoms with Crippen molar-refractivity contribution >= 4 is 0 Å². The van der Waals surface area contributed by atoms with Gasteiger partial charge in [-0.2, -0.15) is 5.10 Å². The monoisotopic (exact) mass is 221 g/mol. The molecule has 86 valence electrons. The Bertz CT molecular complexity index is 470. The maximum Gasteiger partial charge on any atom is 0.147 e. The number of aromatic nitrogens is 6. The second kappa shape index (κ2) is 4.40. The van der Waals surface area contributed by atoms with E-state index in [1.807, 2.05) is 24.7 Å². The summed E-state index contributed by atoms with van der Waals surface area (Å²) in [5, 5.41) is 12.2. The molecule has 0 aliphatic carbocycles. The first-order valence-electron chi connectivity index (χ1n) is 5.16. The number of nitrogens with two attached hydrogens (primary N) is 1. The predicted molar refractivity (Wildman–Crippen MR) is 57.4 cm³/mol. The van der Waals surface area contributed by atoms with Gasteiger partial charge in [0.1, 0.15) is 11.6 Å². The highest BCUT2D eigenvalue weighted by atomic mass is 15.4. The van der Waals surface area contributed by atoms with Gasteiger partial charge in [-0.3, -0.25) is 4.68 Å². The minimum Gasteiger partial charge on any atom is -0.325 e. The van der Waals surface area contributed by atoms with E-state index in [9.17, 15) is 0 Å². The maximum absolute atomic E-state index is 5.45. The van der Waals surface area contributed by atoms with Crippen LogP contribution in [0.5, 0.6) is 0 Å². The van der Waals surface area contributed by atoms with Crippen molar-refractivity contribution in [3.05, 3.63) is 23.5 Å². The quantitative estimate of drug-likeness (QED) is 0.762. The van der Waals surface area contributed by atoms with Crippen molar-refractivity contribution in [2.45, 2.75) is 33.5 Å². The van der Waals surface area contributed by atoms with E-state index in [1.165, 1.54) is 0 Å². The molecule has 2 rings (SSSR count). The first-order chi connectivity index (χ1) is 7.69. The second-order valence-corrected chi connectivity index (χ2v) is 3.61. The van der Waals surface area contributed by atoms with Crippen molar-refractivity contribution in [2.24, 2.45) is 5.73 Å². The molecule has 2 aromatic rings. The van der Waals surface area contributed by atoms with Crippen molar-refractivity contribution in [1.29, 1.82) is 0 Å². The SMILES string of the molecule is Cc1nc(C)n(CCn2cc(CN)nn2)n1. The van der Waals surface area contributed by atoms with Crippen LogP contribution in [-0.4, -0.2) is 29.8 Å². The van der Waals surface area contributed by atoms with Gasteiger partial charge in [0, 0.05) is 12.7 Å². The van der Waals surface area contributed by atoms with Gasteiger partial charge < -0.3 is 5.73 Å². The van der Waals surface area contributed by atoms with Gasteiger partial charge >= 0.3 is 0 Å². The molecular weight excluding hydrogens is 206 g/mol. The lowest BCUT2D eigenvalue weighted by atomic mass is 10.5. The molecule has 0 unspecified atom stereocenters. The number of hydrogen-bond donors (Lipinski definition) is 1. The average Bonchev–Trinajstić information content (AvgIpc) is 2.82. The molecule has 0 spiro atoms. The molecule has 0 radical (unpaired) electrons. The Kier molecular flexibility index (Phi) is 2.95. The lowest BCUT2D eigenvalue weighted by Crippen LogP contribution is -2.10. The summed E-state index contributed by atoms with van der Waals surface area (Å²) in [6, 6.07) is 0. The molecule has 2 aromatic heterocycles. The van der Waals surface area contributed by atoms with Crippen LogP contribution >= 0.6 is 0 Å². The number of hydrogen-bond acceptors (Lipinski definition) is 5. The van der Waals surface area contributed by atoms with E-state index in [-0.39, 0.29) is 0 Å². The van der Waals surface area contributed by atoms with Crippen LogP contribution in [0.3, 0.4) is 0 Å². The largest absolute Gasteiger partial charge is 0.325 e. The van der Waals surface area contributed by atoms with Crippen LogP contribution in [0.4, 0.5) is 0 Å². The van der Waals surface area contributed by atoms with Crippen molar-refractivity contribution in [2.75, 3.05) is 0 Å². The van der Waals surface area contributed by atoms with Gasteiger partial charge in [0.05, 0.1) is 18.8 Å². The zero-order valence-electron chi connectivity index (χ0n) is 9.46. The summed E-state index contributed by atoms with van der Waals surface area (Å²) in [6.45, 7) is 5.69. The number of aryl methyl sites for hydroxylation is 4. The van der Waals surface area contributed by atoms with Crippen LogP contribution in [0.2, 0.25) is 0 Å². The Labute approximate surface area is 93.3 Å². The van der Waals surface area contributed by atoms with Crippen molar-refractivity contribution in [3.8, 4) is 0 Å². The minimum absolute atomic E-state index is 0.418. The summed E-state index contributed by atoms with van der Waals surface area (Å²) in [4.78, 5) is 4.23. The highest BCUT2D eigenvalue weighted by Crippen LogP contribution is 1.97. The van der Waals surface area contributed by atoms with Gasteiger partial charge in [-0.1, -0.05) is 5.21 Å². The van der Waals surface area contributed by atoms with E-state index in [1.54, 1.807) is 4.68 Å². The molecule has 2 heterocycles. The summed E-state index contributed by atoms with van der Waals surface area (Å²) in [6.07, 6.45) is 1.85. The van der Waals surface area contributed by atoms with Crippen LogP contribution < -0.4 is 5.73 Å². The molecule has 0 fully saturated rings. The van der Waals surface area contributed by atoms with Gasteiger partial charge in [0.2, 0.25) is 0 Å². The third-order valence-electron chi connectivity index (χ3n) is 2.30. The smallest absolute Gasteiger partial charge is 0.147 e. The maximum atomic E-state index is 5.45. The van der Waals surface area contributed by atoms with E-state index in [0.29, 0.717) is 6.54 Å². The molecule has 0 amide bonds. The van der Waals surface area contributed by atoms with Gasteiger partial charge in [0.15, 0.2) is 0 Å². The van der Waals surface area contributed by atoms with Crippen molar-refractivity contribution in [1.82, 2.24) is 29.8 Å². The lowest BCUT2D eigenvalue weighted by Gasteiger charge is -2.02. The topological polar surface area (TPSA) is 87.4 Å². The van der Waals surface area contributed by atoms with E-state index in [4.69, 9.17) is 5.73 Å². The molecular formula is C9H15N7. The fraction of sp³-hybridized carbons (Fsp3) is 0.556. The van der Waals surface area contributed by atoms with Crippen LogP contribution in [0.25, 0.3) is 0 Å². The van der Waals surface area contributed by atoms with Gasteiger partial charge in [0.25, 0.3) is 0 Å². The highest BCUT2D eigenvalue weighted by Gasteiger charge is 2.03. The highest BCUT2D eigenvalue weighted by molar-refractivity contribution is 4.91. The van der Waals surface area contributed by atoms with Crippen molar-refractivity contribution in [3.63, 3.8) is 0 Å². The second-order valence-electron chi connectivity index (χ2n) is 3.61. The van der Waals surface area contributed by atoms with E-state index in [0.717, 1.165) is 30.4 Å². The molecule has 7 heteroatoms. The van der Waals surface area contributed by atoms with E-state index >= 15 is 0 Å². The molecule has 16 heavy (non-hydrogen) atoms. The zero-order valence-corrected chi connectivity index (χ0v) is 9.46. The van der Waals surface area contributed by atoms with Crippen LogP contribution in [0, 0.1) is 13.8 Å². The van der Waals surface area contributed by atoms with E-state index in [2.05, 4.69) is 20.4 Å². The minimum atomic E-state index is 0.418. The Morgan fingerprint density at radius 2 is 2.12 bits per heavy atom. The molecule has 2 N–H and O–H groups in total. The summed E-state index contributed by atoms with van der Waals surface area (Å²) in [5.74, 6) is 1.70. The fourth-order valence-corrected chi connectivity index (χ4v) is 1.51. The summed E-state index contributed by atoms with van der Waals surface area (Å²) in [7, 11) is 0. The lowest BCUT2D eigenvalue weighted by molar-refractivity contribution is 0.480. The summed E-state index contributed by atoms with van der Waals surface area (Å²) >= 11 is 0. The van der Waals surface area contributed by atoms with Gasteiger partial charge in [-0.15, -0.1) is 5.10 Å². The molecule has 0 saturated heterocycles. The molecule has 0 saturated carbocycles. The average molecular weight is 221 g/mol. The van der Waals surface area contributed by atoms with Gasteiger partial charge in [-0.05, 0) is 13.8 Å². The third kappa shape index (κ3) is 2.25. The molecule has 0 aliphatic rings. The normalized spacial score (nSPS) is 10.9. The Morgan fingerprint density at radius 3 is 2.69 bits per heavy atom. The van der Waals surface area contributed by atoms with Crippen LogP contribution in [-0.2, 0) is 19.6 Å². The first kappa shape index (κ1) is 10.7. The number of rotatable bonds is 4. The van der Waals surface area contributed by atoms with Crippen LogP contribution in [0.15, 0.2) is 6.20 Å². The summed E-state index contributed by atoms with van der Waals surface area (Å²) < 4.78 is 3.62. The first-order valence-corrected chi connectivity index (χ1v) is 5.16. The van der Waals surface area contributed by atoms with Crippen molar-refractivity contribution < 1.29 is 0 Å². The Balaban J connectivity index is 1.99. The molecule has 0 atom stereocenters. The zero-order chi connectivity index (χ0) is 11.5. The fourth-order valence-electron chi connectivity index (χ4n) is 1.51. The summed E-state index contributed by atoms with van der Waals surface area (Å²) in [5.41, 5.74) is 6.25. The van der Waals surface area contributed by atoms with Gasteiger partial charge in [-0.25, -0.2) is 9.67 Å². The standard InChI is InChI=1S/C9H15N7/c1-7-11-8(2)16(13-7)4-3-15-6-9(5-10)12-14-15/h6H,3-5,10H2,1-2H3. The molecule has 0 aliphatic heterocycles. The predicted octanol–water partition coefficient (Wildman–Crippen LogP) is -0.355. The third-order valence-corrected chi connectivity index (χ3v) is 2.30. The molecule has 0 bridgehead atoms.